The molecule has 0 bridgehead atoms. The SMILES string of the molecule is CCn1[nH]c(=O)c2ccc(F)cc21. The summed E-state index contributed by atoms with van der Waals surface area (Å²) in [5, 5.41) is 3.15. The minimum Gasteiger partial charge on any atom is -0.285 e. The second-order valence-corrected chi connectivity index (χ2v) is 2.85. The van der Waals surface area contributed by atoms with E-state index in [4.69, 9.17) is 0 Å². The Morgan fingerprint density at radius 2 is 2.31 bits per heavy atom. The van der Waals surface area contributed by atoms with Crippen molar-refractivity contribution in [3.05, 3.63) is 34.4 Å². The van der Waals surface area contributed by atoms with Gasteiger partial charge in [-0.1, -0.05) is 0 Å². The highest BCUT2D eigenvalue weighted by Gasteiger charge is 2.05. The van der Waals surface area contributed by atoms with Crippen LogP contribution < -0.4 is 5.56 Å². The van der Waals surface area contributed by atoms with Crippen molar-refractivity contribution in [2.75, 3.05) is 0 Å². The fourth-order valence-electron chi connectivity index (χ4n) is 1.41. The van der Waals surface area contributed by atoms with Gasteiger partial charge in [0, 0.05) is 6.54 Å². The molecule has 0 aliphatic carbocycles. The molecule has 0 saturated carbocycles. The first kappa shape index (κ1) is 8.04. The Kier molecular flexibility index (Phi) is 1.69. The first-order chi connectivity index (χ1) is 6.22. The van der Waals surface area contributed by atoms with Gasteiger partial charge in [-0.15, -0.1) is 0 Å². The van der Waals surface area contributed by atoms with Crippen LogP contribution in [0, 0.1) is 5.82 Å². The maximum absolute atomic E-state index is 12.8. The highest BCUT2D eigenvalue weighted by atomic mass is 19.1. The zero-order valence-electron chi connectivity index (χ0n) is 7.17. The number of nitrogens with one attached hydrogen (secondary N) is 1. The van der Waals surface area contributed by atoms with Gasteiger partial charge in [-0.2, -0.15) is 0 Å². The second kappa shape index (κ2) is 2.73. The van der Waals surface area contributed by atoms with Gasteiger partial charge < -0.3 is 0 Å². The molecule has 0 amide bonds. The Morgan fingerprint density at radius 1 is 1.54 bits per heavy atom. The van der Waals surface area contributed by atoms with Gasteiger partial charge >= 0.3 is 0 Å². The van der Waals surface area contributed by atoms with Crippen molar-refractivity contribution >= 4 is 10.9 Å². The Bertz CT molecular complexity index is 498. The first-order valence-corrected chi connectivity index (χ1v) is 4.10. The van der Waals surface area contributed by atoms with Crippen molar-refractivity contribution in [3.63, 3.8) is 0 Å². The average Bonchev–Trinajstić information content (AvgIpc) is 2.42. The molecular weight excluding hydrogens is 171 g/mol. The number of benzene rings is 1. The normalized spacial score (nSPS) is 10.9. The van der Waals surface area contributed by atoms with Crippen molar-refractivity contribution in [1.29, 1.82) is 0 Å². The third-order valence-electron chi connectivity index (χ3n) is 2.05. The maximum atomic E-state index is 12.8. The molecule has 2 aromatic rings. The second-order valence-electron chi connectivity index (χ2n) is 2.85. The summed E-state index contributed by atoms with van der Waals surface area (Å²) in [6.45, 7) is 2.52. The van der Waals surface area contributed by atoms with E-state index in [1.54, 1.807) is 4.68 Å². The van der Waals surface area contributed by atoms with Crippen LogP contribution in [0.4, 0.5) is 4.39 Å². The minimum atomic E-state index is -0.325. The summed E-state index contributed by atoms with van der Waals surface area (Å²) in [6, 6.07) is 4.14. The lowest BCUT2D eigenvalue weighted by molar-refractivity contribution is 0.625. The number of aromatic amines is 1. The van der Waals surface area contributed by atoms with Gasteiger partial charge in [0.2, 0.25) is 0 Å². The number of rotatable bonds is 1. The van der Waals surface area contributed by atoms with Crippen LogP contribution in [-0.4, -0.2) is 9.78 Å². The van der Waals surface area contributed by atoms with E-state index in [-0.39, 0.29) is 11.4 Å². The largest absolute Gasteiger partial charge is 0.285 e. The molecule has 1 aromatic carbocycles. The predicted octanol–water partition coefficient (Wildman–Crippen LogP) is 1.49. The summed E-state index contributed by atoms with van der Waals surface area (Å²) in [6.07, 6.45) is 0. The van der Waals surface area contributed by atoms with Gasteiger partial charge in [0.05, 0.1) is 10.9 Å². The van der Waals surface area contributed by atoms with Gasteiger partial charge in [-0.05, 0) is 25.1 Å². The molecule has 3 nitrogen and oxygen atoms in total. The molecule has 68 valence electrons. The fourth-order valence-corrected chi connectivity index (χ4v) is 1.41. The van der Waals surface area contributed by atoms with Gasteiger partial charge in [0.1, 0.15) is 5.82 Å². The molecule has 0 atom stereocenters. The number of hydrogen-bond donors (Lipinski definition) is 1. The molecule has 0 aliphatic rings. The van der Waals surface area contributed by atoms with Crippen LogP contribution >= 0.6 is 0 Å². The van der Waals surface area contributed by atoms with Gasteiger partial charge in [-0.3, -0.25) is 14.6 Å². The molecule has 13 heavy (non-hydrogen) atoms. The molecule has 4 heteroatoms. The summed E-state index contributed by atoms with van der Waals surface area (Å²) in [5.74, 6) is -0.325. The summed E-state index contributed by atoms with van der Waals surface area (Å²) < 4.78 is 14.5. The van der Waals surface area contributed by atoms with Gasteiger partial charge in [-0.25, -0.2) is 4.39 Å². The van der Waals surface area contributed by atoms with Crippen LogP contribution in [0.1, 0.15) is 6.92 Å². The Labute approximate surface area is 73.8 Å². The Hall–Kier alpha value is -1.58. The van der Waals surface area contributed by atoms with Crippen molar-refractivity contribution in [2.45, 2.75) is 13.5 Å². The number of H-pyrrole nitrogens is 1. The van der Waals surface area contributed by atoms with Crippen LogP contribution in [0.15, 0.2) is 23.0 Å². The summed E-state index contributed by atoms with van der Waals surface area (Å²) in [5.41, 5.74) is 0.448. The maximum Gasteiger partial charge on any atom is 0.271 e. The minimum absolute atomic E-state index is 0.170. The summed E-state index contributed by atoms with van der Waals surface area (Å²) in [7, 11) is 0. The molecule has 0 unspecified atom stereocenters. The van der Waals surface area contributed by atoms with E-state index in [1.807, 2.05) is 6.92 Å². The quantitative estimate of drug-likeness (QED) is 0.709. The van der Waals surface area contributed by atoms with Crippen molar-refractivity contribution < 1.29 is 4.39 Å². The lowest BCUT2D eigenvalue weighted by Crippen LogP contribution is -2.03. The van der Waals surface area contributed by atoms with Crippen LogP contribution in [0.2, 0.25) is 0 Å². The third kappa shape index (κ3) is 1.14. The fraction of sp³-hybridized carbons (Fsp3) is 0.222. The molecule has 2 rings (SSSR count). The smallest absolute Gasteiger partial charge is 0.271 e. The van der Waals surface area contributed by atoms with Gasteiger partial charge in [0.25, 0.3) is 5.56 Å². The van der Waals surface area contributed by atoms with E-state index < -0.39 is 0 Å². The van der Waals surface area contributed by atoms with Crippen LogP contribution in [0.25, 0.3) is 10.9 Å². The van der Waals surface area contributed by atoms with Crippen molar-refractivity contribution in [3.8, 4) is 0 Å². The van der Waals surface area contributed by atoms with Crippen LogP contribution in [0.5, 0.6) is 0 Å². The lowest BCUT2D eigenvalue weighted by Gasteiger charge is -1.97. The molecule has 1 heterocycles. The number of aryl methyl sites for hydroxylation is 1. The molecular formula is C9H9FN2O. The van der Waals surface area contributed by atoms with Crippen molar-refractivity contribution in [1.82, 2.24) is 9.78 Å². The molecule has 0 radical (unpaired) electrons. The standard InChI is InChI=1S/C9H9FN2O/c1-2-12-8-5-6(10)3-4-7(8)9(13)11-12/h3-5H,2H2,1H3,(H,11,13). The summed E-state index contributed by atoms with van der Waals surface area (Å²) >= 11 is 0. The number of nitrogens with zero attached hydrogens (tertiary/aromatic N) is 1. The first-order valence-electron chi connectivity index (χ1n) is 4.10. The molecule has 0 saturated heterocycles. The topological polar surface area (TPSA) is 37.8 Å². The Balaban J connectivity index is 2.89. The highest BCUT2D eigenvalue weighted by Crippen LogP contribution is 2.10. The van der Waals surface area contributed by atoms with E-state index in [0.29, 0.717) is 17.4 Å². The number of halogens is 1. The number of fused-ring (bicyclic) bond motifs is 1. The van der Waals surface area contributed by atoms with E-state index in [0.717, 1.165) is 0 Å². The van der Waals surface area contributed by atoms with E-state index >= 15 is 0 Å². The zero-order chi connectivity index (χ0) is 9.42. The highest BCUT2D eigenvalue weighted by molar-refractivity contribution is 5.78. The van der Waals surface area contributed by atoms with E-state index in [1.165, 1.54) is 18.2 Å². The monoisotopic (exact) mass is 180 g/mol. The molecule has 1 N–H and O–H groups in total. The van der Waals surface area contributed by atoms with Crippen molar-refractivity contribution in [2.24, 2.45) is 0 Å². The lowest BCUT2D eigenvalue weighted by atomic mass is 10.2. The number of aromatic nitrogens is 2. The third-order valence-corrected chi connectivity index (χ3v) is 2.05. The molecule has 0 aliphatic heterocycles. The summed E-state index contributed by atoms with van der Waals surface area (Å²) in [4.78, 5) is 11.3. The Morgan fingerprint density at radius 3 is 3.00 bits per heavy atom. The van der Waals surface area contributed by atoms with Gasteiger partial charge in [0.15, 0.2) is 0 Å². The average molecular weight is 180 g/mol. The predicted molar refractivity (Wildman–Crippen MR) is 48.2 cm³/mol. The molecule has 0 fully saturated rings. The van der Waals surface area contributed by atoms with Crippen LogP contribution in [-0.2, 0) is 6.54 Å². The number of hydrogen-bond acceptors (Lipinski definition) is 1. The molecule has 1 aromatic heterocycles. The molecule has 0 spiro atoms. The van der Waals surface area contributed by atoms with Crippen LogP contribution in [0.3, 0.4) is 0 Å². The van der Waals surface area contributed by atoms with E-state index in [9.17, 15) is 9.18 Å². The van der Waals surface area contributed by atoms with E-state index in [2.05, 4.69) is 5.10 Å². The zero-order valence-corrected chi connectivity index (χ0v) is 7.17.